The molecule has 7 heteroatoms. The van der Waals surface area contributed by atoms with E-state index in [2.05, 4.69) is 10.3 Å². The van der Waals surface area contributed by atoms with Gasteiger partial charge in [0.1, 0.15) is 5.75 Å². The third-order valence-electron chi connectivity index (χ3n) is 2.78. The van der Waals surface area contributed by atoms with E-state index in [0.29, 0.717) is 28.3 Å². The van der Waals surface area contributed by atoms with Crippen molar-refractivity contribution in [2.45, 2.75) is 0 Å². The number of urea groups is 1. The molecule has 0 spiro atoms. The fraction of sp³-hybridized carbons (Fsp3) is 0.0769. The Bertz CT molecular complexity index is 663. The Kier molecular flexibility index (Phi) is 3.60. The molecule has 0 bridgehead atoms. The average molecular weight is 274 g/mol. The van der Waals surface area contributed by atoms with E-state index in [1.165, 1.54) is 7.11 Å². The molecule has 2 aromatic rings. The molecule has 2 rings (SSSR count). The zero-order valence-electron chi connectivity index (χ0n) is 10.8. The van der Waals surface area contributed by atoms with Crippen LogP contribution < -0.4 is 21.5 Å². The van der Waals surface area contributed by atoms with Crippen molar-refractivity contribution in [2.24, 2.45) is 11.5 Å². The lowest BCUT2D eigenvalue weighted by Gasteiger charge is -2.13. The highest BCUT2D eigenvalue weighted by Gasteiger charge is 2.18. The molecule has 1 heterocycles. The van der Waals surface area contributed by atoms with Crippen molar-refractivity contribution in [1.82, 2.24) is 4.98 Å². The van der Waals surface area contributed by atoms with Crippen molar-refractivity contribution >= 4 is 17.6 Å². The van der Waals surface area contributed by atoms with Gasteiger partial charge in [0.2, 0.25) is 0 Å². The standard InChI is InChI=1S/C13H14N4O3/c1-20-9-4-2-3-7(11(9)17-13(15)19)10-8(12(14)18)5-6-16-10/h2-6,16H,1H3,(H2,14,18)(H3,15,17,19). The number of benzene rings is 1. The van der Waals surface area contributed by atoms with Crippen molar-refractivity contribution in [3.05, 3.63) is 36.0 Å². The van der Waals surface area contributed by atoms with E-state index in [0.717, 1.165) is 0 Å². The molecule has 7 nitrogen and oxygen atoms in total. The number of rotatable bonds is 4. The van der Waals surface area contributed by atoms with Crippen LogP contribution in [0, 0.1) is 0 Å². The van der Waals surface area contributed by atoms with Crippen LogP contribution >= 0.6 is 0 Å². The van der Waals surface area contributed by atoms with Crippen molar-refractivity contribution in [2.75, 3.05) is 12.4 Å². The smallest absolute Gasteiger partial charge is 0.316 e. The van der Waals surface area contributed by atoms with E-state index in [-0.39, 0.29) is 0 Å². The number of aromatic amines is 1. The number of carbonyl (C=O) groups is 2. The summed E-state index contributed by atoms with van der Waals surface area (Å²) in [6, 6.07) is 5.94. The number of H-pyrrole nitrogens is 1. The Morgan fingerprint density at radius 2 is 2.00 bits per heavy atom. The van der Waals surface area contributed by atoms with Gasteiger partial charge in [0, 0.05) is 11.8 Å². The Morgan fingerprint density at radius 3 is 2.60 bits per heavy atom. The number of hydrogen-bond donors (Lipinski definition) is 4. The lowest BCUT2D eigenvalue weighted by molar-refractivity contribution is 0.100. The zero-order chi connectivity index (χ0) is 14.7. The highest BCUT2D eigenvalue weighted by atomic mass is 16.5. The molecule has 0 fully saturated rings. The van der Waals surface area contributed by atoms with E-state index in [1.54, 1.807) is 30.5 Å². The number of amides is 3. The number of primary amides is 2. The summed E-state index contributed by atoms with van der Waals surface area (Å²) in [4.78, 5) is 25.5. The van der Waals surface area contributed by atoms with Gasteiger partial charge in [-0.3, -0.25) is 4.79 Å². The van der Waals surface area contributed by atoms with Crippen LogP contribution in [0.1, 0.15) is 10.4 Å². The molecule has 0 saturated heterocycles. The monoisotopic (exact) mass is 274 g/mol. The first-order valence-electron chi connectivity index (χ1n) is 5.75. The summed E-state index contributed by atoms with van der Waals surface area (Å²) in [7, 11) is 1.47. The number of aromatic nitrogens is 1. The van der Waals surface area contributed by atoms with Gasteiger partial charge in [0.15, 0.2) is 0 Å². The van der Waals surface area contributed by atoms with Crippen molar-refractivity contribution < 1.29 is 14.3 Å². The molecule has 0 aliphatic rings. The summed E-state index contributed by atoms with van der Waals surface area (Å²) in [6.45, 7) is 0. The number of nitrogens with one attached hydrogen (secondary N) is 2. The normalized spacial score (nSPS) is 10.1. The van der Waals surface area contributed by atoms with Crippen LogP contribution in [0.25, 0.3) is 11.3 Å². The van der Waals surface area contributed by atoms with Gasteiger partial charge in [-0.25, -0.2) is 4.79 Å². The molecule has 0 aliphatic heterocycles. The minimum absolute atomic E-state index is 0.311. The second-order valence-electron chi connectivity index (χ2n) is 4.00. The Hall–Kier alpha value is -2.96. The van der Waals surface area contributed by atoms with Gasteiger partial charge in [-0.1, -0.05) is 12.1 Å². The third-order valence-corrected chi connectivity index (χ3v) is 2.78. The number of methoxy groups -OCH3 is 1. The van der Waals surface area contributed by atoms with Gasteiger partial charge < -0.3 is 26.5 Å². The lowest BCUT2D eigenvalue weighted by atomic mass is 10.0. The minimum Gasteiger partial charge on any atom is -0.495 e. The topological polar surface area (TPSA) is 123 Å². The van der Waals surface area contributed by atoms with E-state index < -0.39 is 11.9 Å². The quantitative estimate of drug-likeness (QED) is 0.671. The van der Waals surface area contributed by atoms with Crippen LogP contribution in [0.15, 0.2) is 30.5 Å². The summed E-state index contributed by atoms with van der Waals surface area (Å²) >= 11 is 0. The number of anilines is 1. The summed E-state index contributed by atoms with van der Waals surface area (Å²) in [5.74, 6) is -0.152. The SMILES string of the molecule is COc1cccc(-c2[nH]ccc2C(N)=O)c1NC(N)=O. The molecule has 3 amide bonds. The summed E-state index contributed by atoms with van der Waals surface area (Å²) < 4.78 is 5.18. The molecule has 0 saturated carbocycles. The van der Waals surface area contributed by atoms with Crippen molar-refractivity contribution in [1.29, 1.82) is 0 Å². The Labute approximate surface area is 114 Å². The molecule has 1 aromatic carbocycles. The molecular formula is C13H14N4O3. The highest BCUT2D eigenvalue weighted by molar-refractivity contribution is 6.03. The number of para-hydroxylation sites is 1. The van der Waals surface area contributed by atoms with Crippen LogP contribution in [-0.4, -0.2) is 24.0 Å². The Morgan fingerprint density at radius 1 is 1.25 bits per heavy atom. The first-order valence-corrected chi connectivity index (χ1v) is 5.75. The van der Waals surface area contributed by atoms with Gasteiger partial charge >= 0.3 is 6.03 Å². The van der Waals surface area contributed by atoms with Gasteiger partial charge in [-0.2, -0.15) is 0 Å². The molecule has 0 aliphatic carbocycles. The second kappa shape index (κ2) is 5.35. The maximum atomic E-state index is 11.4. The zero-order valence-corrected chi connectivity index (χ0v) is 10.8. The van der Waals surface area contributed by atoms with E-state index in [4.69, 9.17) is 16.2 Å². The number of carbonyl (C=O) groups excluding carboxylic acids is 2. The number of ether oxygens (including phenoxy) is 1. The van der Waals surface area contributed by atoms with Gasteiger partial charge in [-0.15, -0.1) is 0 Å². The maximum absolute atomic E-state index is 11.4. The third kappa shape index (κ3) is 2.41. The maximum Gasteiger partial charge on any atom is 0.316 e. The van der Waals surface area contributed by atoms with E-state index in [9.17, 15) is 9.59 Å². The summed E-state index contributed by atoms with van der Waals surface area (Å²) in [6.07, 6.45) is 1.59. The highest BCUT2D eigenvalue weighted by Crippen LogP contribution is 2.36. The number of hydrogen-bond acceptors (Lipinski definition) is 3. The second-order valence-corrected chi connectivity index (χ2v) is 4.00. The molecule has 104 valence electrons. The fourth-order valence-corrected chi connectivity index (χ4v) is 1.96. The Balaban J connectivity index is 2.63. The largest absolute Gasteiger partial charge is 0.495 e. The predicted molar refractivity (Wildman–Crippen MR) is 74.5 cm³/mol. The van der Waals surface area contributed by atoms with Gasteiger partial charge in [-0.05, 0) is 12.1 Å². The molecule has 1 aromatic heterocycles. The molecule has 0 atom stereocenters. The van der Waals surface area contributed by atoms with Crippen LogP contribution in [0.5, 0.6) is 5.75 Å². The van der Waals surface area contributed by atoms with Crippen LogP contribution in [-0.2, 0) is 0 Å². The molecule has 0 unspecified atom stereocenters. The van der Waals surface area contributed by atoms with Crippen molar-refractivity contribution in [3.63, 3.8) is 0 Å². The first kappa shape index (κ1) is 13.5. The van der Waals surface area contributed by atoms with E-state index >= 15 is 0 Å². The fourth-order valence-electron chi connectivity index (χ4n) is 1.96. The molecule has 20 heavy (non-hydrogen) atoms. The van der Waals surface area contributed by atoms with Crippen LogP contribution in [0.2, 0.25) is 0 Å². The van der Waals surface area contributed by atoms with Crippen molar-refractivity contribution in [3.8, 4) is 17.0 Å². The lowest BCUT2D eigenvalue weighted by Crippen LogP contribution is -2.20. The first-order chi connectivity index (χ1) is 9.54. The summed E-state index contributed by atoms with van der Waals surface area (Å²) in [5, 5.41) is 2.49. The predicted octanol–water partition coefficient (Wildman–Crippen LogP) is 1.28. The molecular weight excluding hydrogens is 260 g/mol. The average Bonchev–Trinajstić information content (AvgIpc) is 2.87. The summed E-state index contributed by atoms with van der Waals surface area (Å²) in [5.41, 5.74) is 12.2. The van der Waals surface area contributed by atoms with Crippen LogP contribution in [0.3, 0.4) is 0 Å². The van der Waals surface area contributed by atoms with Gasteiger partial charge in [0.05, 0.1) is 24.1 Å². The molecule has 6 N–H and O–H groups in total. The van der Waals surface area contributed by atoms with E-state index in [1.807, 2.05) is 0 Å². The van der Waals surface area contributed by atoms with Crippen LogP contribution in [0.4, 0.5) is 10.5 Å². The van der Waals surface area contributed by atoms with Gasteiger partial charge in [0.25, 0.3) is 5.91 Å². The minimum atomic E-state index is -0.733. The number of nitrogens with two attached hydrogens (primary N) is 2. The molecule has 0 radical (unpaired) electrons.